The summed E-state index contributed by atoms with van der Waals surface area (Å²) >= 11 is 6.19. The van der Waals surface area contributed by atoms with Crippen molar-refractivity contribution >= 4 is 43.9 Å². The second-order valence-corrected chi connectivity index (χ2v) is 12.1. The molecule has 1 aliphatic heterocycles. The minimum atomic E-state index is -3.94. The molecule has 0 saturated carbocycles. The minimum Gasteiger partial charge on any atom is -0.436 e. The molecule has 1 aliphatic rings. The molecular formula is C31H29ClN6O3S. The van der Waals surface area contributed by atoms with Gasteiger partial charge in [-0.2, -0.15) is 0 Å². The number of nitrogens with zero attached hydrogens (tertiary/aromatic N) is 3. The number of sulfonamides is 1. The van der Waals surface area contributed by atoms with Crippen LogP contribution in [0.15, 0.2) is 90.2 Å². The number of aryl methyl sites for hydroxylation is 1. The number of ether oxygens (including phenoxy) is 1. The van der Waals surface area contributed by atoms with Gasteiger partial charge in [0.15, 0.2) is 0 Å². The lowest BCUT2D eigenvalue weighted by molar-refractivity contribution is 0.464. The van der Waals surface area contributed by atoms with E-state index in [1.165, 1.54) is 6.07 Å². The molecule has 11 heteroatoms. The third kappa shape index (κ3) is 5.87. The Labute approximate surface area is 249 Å². The second kappa shape index (κ2) is 11.9. The lowest BCUT2D eigenvalue weighted by atomic mass is 10.0. The zero-order chi connectivity index (χ0) is 29.1. The van der Waals surface area contributed by atoms with E-state index in [0.29, 0.717) is 39.8 Å². The highest BCUT2D eigenvalue weighted by atomic mass is 35.5. The van der Waals surface area contributed by atoms with Crippen molar-refractivity contribution < 1.29 is 13.2 Å². The normalized spacial score (nSPS) is 15.3. The van der Waals surface area contributed by atoms with E-state index in [2.05, 4.69) is 30.3 Å². The number of nitrogens with one attached hydrogen (secondary N) is 3. The zero-order valence-electron chi connectivity index (χ0n) is 22.8. The predicted octanol–water partition coefficient (Wildman–Crippen LogP) is 6.41. The van der Waals surface area contributed by atoms with E-state index < -0.39 is 10.0 Å². The Morgan fingerprint density at radius 1 is 0.952 bits per heavy atom. The summed E-state index contributed by atoms with van der Waals surface area (Å²) in [7, 11) is -3.94. The van der Waals surface area contributed by atoms with Gasteiger partial charge in [0.1, 0.15) is 22.2 Å². The van der Waals surface area contributed by atoms with Gasteiger partial charge in [0.25, 0.3) is 10.0 Å². The number of benzene rings is 3. The van der Waals surface area contributed by atoms with Crippen LogP contribution >= 0.6 is 11.6 Å². The number of piperidine rings is 1. The van der Waals surface area contributed by atoms with Gasteiger partial charge in [-0.3, -0.25) is 4.72 Å². The third-order valence-corrected chi connectivity index (χ3v) is 8.99. The highest BCUT2D eigenvalue weighted by Crippen LogP contribution is 2.39. The largest absolute Gasteiger partial charge is 0.436 e. The molecule has 9 nitrogen and oxygen atoms in total. The van der Waals surface area contributed by atoms with Crippen molar-refractivity contribution in [1.82, 2.24) is 20.3 Å². The summed E-state index contributed by atoms with van der Waals surface area (Å²) in [6, 6.07) is 19.6. The van der Waals surface area contributed by atoms with Crippen LogP contribution in [0.2, 0.25) is 5.02 Å². The molecule has 2 aromatic heterocycles. The average Bonchev–Trinajstić information content (AvgIpc) is 2.99. The molecule has 3 heterocycles. The van der Waals surface area contributed by atoms with Crippen LogP contribution in [0.1, 0.15) is 18.4 Å². The van der Waals surface area contributed by atoms with Gasteiger partial charge in [0.05, 0.1) is 10.7 Å². The number of aromatic nitrogens is 3. The second-order valence-electron chi connectivity index (χ2n) is 10.1. The first-order valence-corrected chi connectivity index (χ1v) is 15.5. The highest BCUT2D eigenvalue weighted by Gasteiger charge is 2.21. The van der Waals surface area contributed by atoms with Gasteiger partial charge in [-0.25, -0.2) is 23.4 Å². The number of hydrogen-bond acceptors (Lipinski definition) is 8. The van der Waals surface area contributed by atoms with E-state index in [-0.39, 0.29) is 9.92 Å². The topological polar surface area (TPSA) is 118 Å². The Kier molecular flexibility index (Phi) is 7.92. The standard InChI is InChI=1S/C31H29ClN6O3S/c1-20-11-12-23-24(7-4-9-26(23)38-42(39,40)27-10-3-2-8-25(27)32)30(20)41-31-29(35-16-17-36-31)21-13-15-34-28(18-21)37-22-6-5-14-33-19-22/h2-4,7-13,15-18,22,33,38H,5-6,14,19H2,1H3,(H,34,37)/t22-/m0/s1. The SMILES string of the molecule is Cc1ccc2c(NS(=O)(=O)c3ccccc3Cl)cccc2c1Oc1nccnc1-c1ccnc(N[C@H]2CCCNC2)c1. The van der Waals surface area contributed by atoms with E-state index in [0.717, 1.165) is 42.9 Å². The molecule has 1 fully saturated rings. The van der Waals surface area contributed by atoms with E-state index in [1.807, 2.05) is 37.3 Å². The van der Waals surface area contributed by atoms with E-state index in [4.69, 9.17) is 16.3 Å². The molecule has 214 valence electrons. The summed E-state index contributed by atoms with van der Waals surface area (Å²) < 4.78 is 35.6. The van der Waals surface area contributed by atoms with Crippen molar-refractivity contribution in [1.29, 1.82) is 0 Å². The van der Waals surface area contributed by atoms with Gasteiger partial charge in [-0.05, 0) is 62.2 Å². The molecule has 0 unspecified atom stereocenters. The number of rotatable bonds is 8. The molecule has 42 heavy (non-hydrogen) atoms. The minimum absolute atomic E-state index is 0.00224. The number of halogens is 1. The number of anilines is 2. The molecule has 0 bridgehead atoms. The third-order valence-electron chi connectivity index (χ3n) is 7.13. The molecule has 1 atom stereocenters. The maximum Gasteiger partial charge on any atom is 0.263 e. The van der Waals surface area contributed by atoms with E-state index in [1.54, 1.807) is 48.9 Å². The molecule has 3 N–H and O–H groups in total. The van der Waals surface area contributed by atoms with E-state index in [9.17, 15) is 8.42 Å². The zero-order valence-corrected chi connectivity index (χ0v) is 24.4. The van der Waals surface area contributed by atoms with Crippen molar-refractivity contribution in [3.63, 3.8) is 0 Å². The van der Waals surface area contributed by atoms with Crippen molar-refractivity contribution in [2.75, 3.05) is 23.1 Å². The van der Waals surface area contributed by atoms with Crippen LogP contribution in [0, 0.1) is 6.92 Å². The van der Waals surface area contributed by atoms with Gasteiger partial charge >= 0.3 is 0 Å². The van der Waals surface area contributed by atoms with Crippen LogP contribution < -0.4 is 20.1 Å². The van der Waals surface area contributed by atoms with Crippen molar-refractivity contribution in [2.45, 2.75) is 30.7 Å². The Morgan fingerprint density at radius 2 is 1.81 bits per heavy atom. The fraction of sp³-hybridized carbons (Fsp3) is 0.194. The van der Waals surface area contributed by atoms with Crippen LogP contribution in [0.4, 0.5) is 11.5 Å². The lowest BCUT2D eigenvalue weighted by Gasteiger charge is -2.24. The lowest BCUT2D eigenvalue weighted by Crippen LogP contribution is -2.38. The summed E-state index contributed by atoms with van der Waals surface area (Å²) in [6.07, 6.45) is 7.14. The Balaban J connectivity index is 1.34. The van der Waals surface area contributed by atoms with Crippen LogP contribution in [0.25, 0.3) is 22.0 Å². The summed E-state index contributed by atoms with van der Waals surface area (Å²) in [4.78, 5) is 13.6. The van der Waals surface area contributed by atoms with Crippen LogP contribution in [0.3, 0.4) is 0 Å². The smallest absolute Gasteiger partial charge is 0.263 e. The first kappa shape index (κ1) is 27.9. The Hall–Kier alpha value is -4.25. The van der Waals surface area contributed by atoms with E-state index >= 15 is 0 Å². The van der Waals surface area contributed by atoms with Crippen LogP contribution in [0.5, 0.6) is 11.6 Å². The van der Waals surface area contributed by atoms with Gasteiger partial charge in [0, 0.05) is 47.5 Å². The van der Waals surface area contributed by atoms with Gasteiger partial charge in [-0.1, -0.05) is 48.0 Å². The Bertz CT molecular complexity index is 1860. The number of pyridine rings is 1. The summed E-state index contributed by atoms with van der Waals surface area (Å²) in [5, 5.41) is 8.44. The van der Waals surface area contributed by atoms with Gasteiger partial charge in [-0.15, -0.1) is 0 Å². The molecular weight excluding hydrogens is 572 g/mol. The van der Waals surface area contributed by atoms with Gasteiger partial charge in [0.2, 0.25) is 5.88 Å². The fourth-order valence-electron chi connectivity index (χ4n) is 5.06. The molecule has 0 amide bonds. The molecule has 0 radical (unpaired) electrons. The van der Waals surface area contributed by atoms with Crippen molar-refractivity contribution in [2.24, 2.45) is 0 Å². The predicted molar refractivity (Wildman–Crippen MR) is 166 cm³/mol. The Morgan fingerprint density at radius 3 is 2.64 bits per heavy atom. The maximum atomic E-state index is 13.2. The molecule has 5 aromatic rings. The molecule has 3 aromatic carbocycles. The quantitative estimate of drug-likeness (QED) is 0.187. The first-order chi connectivity index (χ1) is 20.4. The van der Waals surface area contributed by atoms with Gasteiger partial charge < -0.3 is 15.4 Å². The summed E-state index contributed by atoms with van der Waals surface area (Å²) in [5.74, 6) is 1.63. The molecule has 0 aliphatic carbocycles. The number of hydrogen-bond donors (Lipinski definition) is 3. The monoisotopic (exact) mass is 600 g/mol. The van der Waals surface area contributed by atoms with Crippen molar-refractivity contribution in [3.8, 4) is 22.9 Å². The van der Waals surface area contributed by atoms with Crippen molar-refractivity contribution in [3.05, 3.63) is 95.9 Å². The molecule has 1 saturated heterocycles. The average molecular weight is 601 g/mol. The molecule has 0 spiro atoms. The highest BCUT2D eigenvalue weighted by molar-refractivity contribution is 7.92. The fourth-order valence-corrected chi connectivity index (χ4v) is 6.66. The van der Waals surface area contributed by atoms with Crippen LogP contribution in [-0.4, -0.2) is 42.5 Å². The molecule has 6 rings (SSSR count). The first-order valence-electron chi connectivity index (χ1n) is 13.6. The van der Waals surface area contributed by atoms with Crippen LogP contribution in [-0.2, 0) is 10.0 Å². The summed E-state index contributed by atoms with van der Waals surface area (Å²) in [6.45, 7) is 3.86. The summed E-state index contributed by atoms with van der Waals surface area (Å²) in [5.41, 5.74) is 2.63. The maximum absolute atomic E-state index is 13.2. The number of fused-ring (bicyclic) bond motifs is 1.